The Balaban J connectivity index is 1.85. The third-order valence-electron chi connectivity index (χ3n) is 4.11. The quantitative estimate of drug-likeness (QED) is 0.715. The van der Waals surface area contributed by atoms with Crippen LogP contribution in [0.4, 0.5) is 24.5 Å². The van der Waals surface area contributed by atoms with Gasteiger partial charge in [-0.3, -0.25) is 0 Å². The van der Waals surface area contributed by atoms with Crippen molar-refractivity contribution in [2.75, 3.05) is 16.8 Å². The second-order valence-electron chi connectivity index (χ2n) is 5.85. The first-order chi connectivity index (χ1) is 11.4. The first-order valence-electron chi connectivity index (χ1n) is 7.70. The maximum atomic E-state index is 12.8. The molecule has 0 aliphatic carbocycles. The van der Waals surface area contributed by atoms with Gasteiger partial charge in [-0.15, -0.1) is 0 Å². The Labute approximate surface area is 144 Å². The molecule has 0 bridgehead atoms. The summed E-state index contributed by atoms with van der Waals surface area (Å²) in [6.07, 6.45) is -2.42. The minimum absolute atomic E-state index is 0.343. The molecule has 24 heavy (non-hydrogen) atoms. The van der Waals surface area contributed by atoms with Gasteiger partial charge in [0.1, 0.15) is 0 Å². The van der Waals surface area contributed by atoms with E-state index in [9.17, 15) is 13.2 Å². The molecule has 2 aromatic rings. The maximum Gasteiger partial charge on any atom is 0.416 e. The van der Waals surface area contributed by atoms with E-state index in [-0.39, 0.29) is 0 Å². The van der Waals surface area contributed by atoms with Crippen LogP contribution in [0.25, 0.3) is 0 Å². The Morgan fingerprint density at radius 1 is 1.17 bits per heavy atom. The van der Waals surface area contributed by atoms with E-state index in [4.69, 9.17) is 12.2 Å². The minimum Gasteiger partial charge on any atom is -0.332 e. The van der Waals surface area contributed by atoms with Crippen LogP contribution in [0.15, 0.2) is 42.5 Å². The number of anilines is 2. The van der Waals surface area contributed by atoms with Gasteiger partial charge in [0.05, 0.1) is 5.56 Å². The average molecular weight is 350 g/mol. The number of halogens is 3. The second-order valence-corrected chi connectivity index (χ2v) is 6.23. The predicted molar refractivity (Wildman–Crippen MR) is 94.5 cm³/mol. The lowest BCUT2D eigenvalue weighted by atomic mass is 9.99. The summed E-state index contributed by atoms with van der Waals surface area (Å²) in [4.78, 5) is 1.98. The summed E-state index contributed by atoms with van der Waals surface area (Å²) in [6.45, 7) is 2.77. The maximum absolute atomic E-state index is 12.8. The molecule has 2 nitrogen and oxygen atoms in total. The van der Waals surface area contributed by atoms with E-state index >= 15 is 0 Å². The standard InChI is InChI=1S/C18H17F3N2S/c1-12-5-2-6-13-7-4-10-23(16(12)13)17(24)22-15-9-3-8-14(11-15)18(19,20)21/h2-3,5-6,8-9,11H,4,7,10H2,1H3,(H,22,24). The van der Waals surface area contributed by atoms with Crippen LogP contribution < -0.4 is 10.2 Å². The van der Waals surface area contributed by atoms with E-state index in [1.165, 1.54) is 11.6 Å². The Morgan fingerprint density at radius 3 is 2.67 bits per heavy atom. The van der Waals surface area contributed by atoms with Gasteiger partial charge in [0.25, 0.3) is 0 Å². The number of rotatable bonds is 1. The number of benzene rings is 2. The molecule has 1 aliphatic heterocycles. The van der Waals surface area contributed by atoms with Crippen LogP contribution in [-0.4, -0.2) is 11.7 Å². The van der Waals surface area contributed by atoms with Crippen molar-refractivity contribution in [3.8, 4) is 0 Å². The molecule has 0 fully saturated rings. The number of para-hydroxylation sites is 1. The predicted octanol–water partition coefficient (Wildman–Crippen LogP) is 5.16. The Morgan fingerprint density at radius 2 is 1.92 bits per heavy atom. The zero-order chi connectivity index (χ0) is 17.3. The normalized spacial score (nSPS) is 14.2. The van der Waals surface area contributed by atoms with Crippen molar-refractivity contribution in [1.29, 1.82) is 0 Å². The first-order valence-corrected chi connectivity index (χ1v) is 8.11. The number of fused-ring (bicyclic) bond motifs is 1. The molecule has 0 spiro atoms. The van der Waals surface area contributed by atoms with Crippen molar-refractivity contribution >= 4 is 28.7 Å². The summed E-state index contributed by atoms with van der Waals surface area (Å²) in [6, 6.07) is 11.2. The van der Waals surface area contributed by atoms with E-state index in [1.54, 1.807) is 6.07 Å². The van der Waals surface area contributed by atoms with Crippen LogP contribution in [0.1, 0.15) is 23.1 Å². The third-order valence-corrected chi connectivity index (χ3v) is 4.43. The molecule has 0 aromatic heterocycles. The van der Waals surface area contributed by atoms with E-state index in [0.29, 0.717) is 10.8 Å². The lowest BCUT2D eigenvalue weighted by molar-refractivity contribution is -0.137. The molecule has 0 saturated carbocycles. The highest BCUT2D eigenvalue weighted by atomic mass is 32.1. The molecule has 0 saturated heterocycles. The van der Waals surface area contributed by atoms with Crippen molar-refractivity contribution in [3.63, 3.8) is 0 Å². The molecular weight excluding hydrogens is 333 g/mol. The second kappa shape index (κ2) is 6.43. The number of aryl methyl sites for hydroxylation is 2. The van der Waals surface area contributed by atoms with Gasteiger partial charge in [0.2, 0.25) is 0 Å². The first kappa shape index (κ1) is 16.8. The Hall–Kier alpha value is -2.08. The summed E-state index contributed by atoms with van der Waals surface area (Å²) in [5, 5.41) is 3.37. The van der Waals surface area contributed by atoms with Gasteiger partial charge in [-0.2, -0.15) is 13.2 Å². The Kier molecular flexibility index (Phi) is 4.49. The van der Waals surface area contributed by atoms with Crippen LogP contribution >= 0.6 is 12.2 Å². The number of nitrogens with zero attached hydrogens (tertiary/aromatic N) is 1. The summed E-state index contributed by atoms with van der Waals surface area (Å²) in [7, 11) is 0. The monoisotopic (exact) mass is 350 g/mol. The van der Waals surface area contributed by atoms with Gasteiger partial charge in [0, 0.05) is 17.9 Å². The molecule has 0 amide bonds. The molecule has 1 aliphatic rings. The van der Waals surface area contributed by atoms with Crippen molar-refractivity contribution in [2.45, 2.75) is 25.9 Å². The van der Waals surface area contributed by atoms with Gasteiger partial charge in [-0.05, 0) is 61.3 Å². The zero-order valence-corrected chi connectivity index (χ0v) is 14.0. The average Bonchev–Trinajstić information content (AvgIpc) is 2.54. The fourth-order valence-electron chi connectivity index (χ4n) is 3.01. The topological polar surface area (TPSA) is 15.3 Å². The van der Waals surface area contributed by atoms with Crippen molar-refractivity contribution in [3.05, 3.63) is 59.2 Å². The van der Waals surface area contributed by atoms with Crippen LogP contribution in [-0.2, 0) is 12.6 Å². The highest BCUT2D eigenvalue weighted by Gasteiger charge is 2.30. The van der Waals surface area contributed by atoms with Gasteiger partial charge in [-0.1, -0.05) is 24.3 Å². The molecule has 0 atom stereocenters. The van der Waals surface area contributed by atoms with E-state index in [1.807, 2.05) is 24.0 Å². The summed E-state index contributed by atoms with van der Waals surface area (Å²) >= 11 is 5.46. The van der Waals surface area contributed by atoms with Crippen molar-refractivity contribution in [1.82, 2.24) is 0 Å². The molecule has 0 radical (unpaired) electrons. The number of nitrogens with one attached hydrogen (secondary N) is 1. The third kappa shape index (κ3) is 3.38. The van der Waals surface area contributed by atoms with Crippen molar-refractivity contribution < 1.29 is 13.2 Å². The molecule has 126 valence electrons. The summed E-state index contributed by atoms with van der Waals surface area (Å²) < 4.78 is 38.5. The molecule has 6 heteroatoms. The van der Waals surface area contributed by atoms with Gasteiger partial charge >= 0.3 is 6.18 Å². The van der Waals surface area contributed by atoms with Crippen LogP contribution in [0.5, 0.6) is 0 Å². The van der Waals surface area contributed by atoms with Gasteiger partial charge in [-0.25, -0.2) is 0 Å². The van der Waals surface area contributed by atoms with Crippen LogP contribution in [0.3, 0.4) is 0 Å². The van der Waals surface area contributed by atoms with Gasteiger partial charge in [0.15, 0.2) is 5.11 Å². The largest absolute Gasteiger partial charge is 0.416 e. The lowest BCUT2D eigenvalue weighted by Gasteiger charge is -2.33. The SMILES string of the molecule is Cc1cccc2c1N(C(=S)Nc1cccc(C(F)(F)F)c1)CCC2. The van der Waals surface area contributed by atoms with E-state index < -0.39 is 11.7 Å². The molecule has 2 aromatic carbocycles. The summed E-state index contributed by atoms with van der Waals surface area (Å²) in [5.41, 5.74) is 3.05. The van der Waals surface area contributed by atoms with Crippen LogP contribution in [0.2, 0.25) is 0 Å². The molecule has 1 N–H and O–H groups in total. The number of hydrogen-bond acceptors (Lipinski definition) is 1. The van der Waals surface area contributed by atoms with Crippen LogP contribution in [0, 0.1) is 6.92 Å². The Bertz CT molecular complexity index is 771. The fraction of sp³-hybridized carbons (Fsp3) is 0.278. The lowest BCUT2D eigenvalue weighted by Crippen LogP contribution is -2.39. The number of thiocarbonyl (C=S) groups is 1. The highest BCUT2D eigenvalue weighted by Crippen LogP contribution is 2.33. The highest BCUT2D eigenvalue weighted by molar-refractivity contribution is 7.80. The minimum atomic E-state index is -4.37. The zero-order valence-electron chi connectivity index (χ0n) is 13.2. The molecule has 0 unspecified atom stereocenters. The number of alkyl halides is 3. The van der Waals surface area contributed by atoms with Gasteiger partial charge < -0.3 is 10.2 Å². The molecule has 1 heterocycles. The molecule has 3 rings (SSSR count). The van der Waals surface area contributed by atoms with E-state index in [2.05, 4.69) is 11.4 Å². The number of hydrogen-bond donors (Lipinski definition) is 1. The van der Waals surface area contributed by atoms with E-state index in [0.717, 1.165) is 42.8 Å². The fourth-order valence-corrected chi connectivity index (χ4v) is 3.31. The molecular formula is C18H17F3N2S. The van der Waals surface area contributed by atoms with Crippen molar-refractivity contribution in [2.24, 2.45) is 0 Å². The smallest absolute Gasteiger partial charge is 0.332 e. The summed E-state index contributed by atoms with van der Waals surface area (Å²) in [5.74, 6) is 0.